The van der Waals surface area contributed by atoms with E-state index in [4.69, 9.17) is 18.9 Å². The molecule has 0 bridgehead atoms. The van der Waals surface area contributed by atoms with Gasteiger partial charge in [-0.3, -0.25) is 0 Å². The highest BCUT2D eigenvalue weighted by Crippen LogP contribution is 2.25. The number of benzene rings is 1. The summed E-state index contributed by atoms with van der Waals surface area (Å²) in [6.45, 7) is 3.17. The van der Waals surface area contributed by atoms with Gasteiger partial charge < -0.3 is 23.7 Å². The zero-order valence-electron chi connectivity index (χ0n) is 13.9. The van der Waals surface area contributed by atoms with Crippen molar-refractivity contribution in [1.29, 1.82) is 0 Å². The molecule has 0 amide bonds. The van der Waals surface area contributed by atoms with Gasteiger partial charge in [-0.05, 0) is 37.1 Å². The zero-order chi connectivity index (χ0) is 16.7. The molecule has 23 heavy (non-hydrogen) atoms. The fraction of sp³-hybridized carbons (Fsp3) is 0.588. The van der Waals surface area contributed by atoms with E-state index in [1.54, 1.807) is 14.0 Å². The minimum Gasteiger partial charge on any atom is -0.497 e. The number of esters is 1. The molecule has 2 rings (SSSR count). The van der Waals surface area contributed by atoms with Gasteiger partial charge in [-0.2, -0.15) is 0 Å². The van der Waals surface area contributed by atoms with Crippen LogP contribution in [0.2, 0.25) is 0 Å². The Labute approximate surface area is 136 Å². The lowest BCUT2D eigenvalue weighted by atomic mass is 10.0. The first-order chi connectivity index (χ1) is 11.1. The van der Waals surface area contributed by atoms with Crippen LogP contribution in [0.3, 0.4) is 0 Å². The van der Waals surface area contributed by atoms with Crippen molar-refractivity contribution in [3.63, 3.8) is 0 Å². The predicted molar refractivity (Wildman–Crippen MR) is 83.5 cm³/mol. The Morgan fingerprint density at radius 3 is 2.35 bits per heavy atom. The highest BCUT2D eigenvalue weighted by Gasteiger charge is 2.41. The van der Waals surface area contributed by atoms with Gasteiger partial charge in [0.1, 0.15) is 11.5 Å². The van der Waals surface area contributed by atoms with Crippen LogP contribution in [0.15, 0.2) is 24.3 Å². The molecule has 1 aliphatic rings. The minimum absolute atomic E-state index is 0.257. The Kier molecular flexibility index (Phi) is 6.24. The lowest BCUT2D eigenvalue weighted by Crippen LogP contribution is -2.48. The second-order valence-corrected chi connectivity index (χ2v) is 5.59. The van der Waals surface area contributed by atoms with Crippen molar-refractivity contribution in [2.45, 2.75) is 25.6 Å². The van der Waals surface area contributed by atoms with Crippen molar-refractivity contribution in [1.82, 2.24) is 0 Å². The van der Waals surface area contributed by atoms with E-state index < -0.39 is 11.8 Å². The molecule has 1 saturated heterocycles. The van der Waals surface area contributed by atoms with E-state index in [1.165, 1.54) is 7.11 Å². The van der Waals surface area contributed by atoms with Crippen LogP contribution >= 0.6 is 0 Å². The van der Waals surface area contributed by atoms with E-state index in [2.05, 4.69) is 4.74 Å². The molecule has 0 N–H and O–H groups in total. The minimum atomic E-state index is -1.27. The molecule has 0 radical (unpaired) electrons. The maximum Gasteiger partial charge on any atom is 0.366 e. The van der Waals surface area contributed by atoms with Crippen LogP contribution in [0.4, 0.5) is 0 Å². The molecule has 0 aromatic heterocycles. The highest BCUT2D eigenvalue weighted by atomic mass is 16.7. The topological polar surface area (TPSA) is 63.2 Å². The number of hydrogen-bond acceptors (Lipinski definition) is 6. The smallest absolute Gasteiger partial charge is 0.366 e. The Hall–Kier alpha value is -1.79. The van der Waals surface area contributed by atoms with Gasteiger partial charge in [-0.15, -0.1) is 0 Å². The third kappa shape index (κ3) is 4.84. The second kappa shape index (κ2) is 8.17. The quantitative estimate of drug-likeness (QED) is 0.567. The number of ether oxygens (including phenoxy) is 5. The molecule has 6 nitrogen and oxygen atoms in total. The Balaban J connectivity index is 1.65. The lowest BCUT2D eigenvalue weighted by molar-refractivity contribution is -0.272. The summed E-state index contributed by atoms with van der Waals surface area (Å²) in [7, 11) is 2.96. The molecule has 128 valence electrons. The Morgan fingerprint density at radius 2 is 1.78 bits per heavy atom. The summed E-state index contributed by atoms with van der Waals surface area (Å²) in [6, 6.07) is 7.50. The van der Waals surface area contributed by atoms with Crippen LogP contribution in [-0.2, 0) is 19.0 Å². The summed E-state index contributed by atoms with van der Waals surface area (Å²) in [5, 5.41) is 0. The summed E-state index contributed by atoms with van der Waals surface area (Å²) in [4.78, 5) is 11.6. The van der Waals surface area contributed by atoms with Gasteiger partial charge in [-0.25, -0.2) is 4.79 Å². The average Bonchev–Trinajstić information content (AvgIpc) is 2.60. The fourth-order valence-electron chi connectivity index (χ4n) is 2.35. The summed E-state index contributed by atoms with van der Waals surface area (Å²) >= 11 is 0. The Bertz CT molecular complexity index is 490. The van der Waals surface area contributed by atoms with E-state index in [0.29, 0.717) is 19.8 Å². The van der Waals surface area contributed by atoms with Gasteiger partial charge in [0.05, 0.1) is 34.0 Å². The van der Waals surface area contributed by atoms with Gasteiger partial charge in [0.25, 0.3) is 5.79 Å². The second-order valence-electron chi connectivity index (χ2n) is 5.59. The molecule has 0 aliphatic carbocycles. The maximum atomic E-state index is 11.6. The van der Waals surface area contributed by atoms with Crippen LogP contribution < -0.4 is 9.47 Å². The molecule has 0 unspecified atom stereocenters. The van der Waals surface area contributed by atoms with Gasteiger partial charge in [0.15, 0.2) is 0 Å². The van der Waals surface area contributed by atoms with Crippen molar-refractivity contribution in [3.05, 3.63) is 24.3 Å². The van der Waals surface area contributed by atoms with Crippen molar-refractivity contribution >= 4 is 5.97 Å². The van der Waals surface area contributed by atoms with Crippen LogP contribution in [0.1, 0.15) is 19.8 Å². The van der Waals surface area contributed by atoms with Crippen LogP contribution in [0, 0.1) is 5.92 Å². The molecule has 1 heterocycles. The number of carbonyl (C=O) groups excluding carboxylic acids is 1. The number of carbonyl (C=O) groups is 1. The molecule has 1 fully saturated rings. The van der Waals surface area contributed by atoms with Crippen molar-refractivity contribution < 1.29 is 28.5 Å². The normalized spacial score (nSPS) is 24.0. The summed E-state index contributed by atoms with van der Waals surface area (Å²) in [5.74, 6) is 0.110. The van der Waals surface area contributed by atoms with E-state index in [0.717, 1.165) is 24.3 Å². The highest BCUT2D eigenvalue weighted by molar-refractivity contribution is 5.77. The Morgan fingerprint density at radius 1 is 1.17 bits per heavy atom. The monoisotopic (exact) mass is 324 g/mol. The summed E-state index contributed by atoms with van der Waals surface area (Å²) in [5.41, 5.74) is 0. The van der Waals surface area contributed by atoms with Gasteiger partial charge in [-0.1, -0.05) is 0 Å². The largest absolute Gasteiger partial charge is 0.497 e. The number of rotatable bonds is 7. The summed E-state index contributed by atoms with van der Waals surface area (Å²) < 4.78 is 26.5. The van der Waals surface area contributed by atoms with E-state index >= 15 is 0 Å². The molecule has 0 atom stereocenters. The average molecular weight is 324 g/mol. The first-order valence-corrected chi connectivity index (χ1v) is 7.70. The molecule has 6 heteroatoms. The fourth-order valence-corrected chi connectivity index (χ4v) is 2.35. The van der Waals surface area contributed by atoms with Gasteiger partial charge in [0.2, 0.25) is 0 Å². The van der Waals surface area contributed by atoms with Crippen molar-refractivity contribution in [2.75, 3.05) is 34.0 Å². The first-order valence-electron chi connectivity index (χ1n) is 7.70. The number of hydrogen-bond donors (Lipinski definition) is 0. The zero-order valence-corrected chi connectivity index (χ0v) is 13.9. The van der Waals surface area contributed by atoms with E-state index in [-0.39, 0.29) is 5.92 Å². The van der Waals surface area contributed by atoms with Crippen LogP contribution in [0.5, 0.6) is 11.5 Å². The predicted octanol–water partition coefficient (Wildman–Crippen LogP) is 2.41. The molecule has 1 aromatic rings. The SMILES string of the molecule is COC(=O)C1(C)OCC(CCCOc2ccc(OC)cc2)CO1. The van der Waals surface area contributed by atoms with Crippen molar-refractivity contribution in [2.24, 2.45) is 5.92 Å². The molecular formula is C17H24O6. The lowest BCUT2D eigenvalue weighted by Gasteiger charge is -2.35. The van der Waals surface area contributed by atoms with E-state index in [9.17, 15) is 4.79 Å². The standard InChI is InChI=1S/C17H24O6/c1-17(16(18)20-3)22-11-13(12-23-17)5-4-10-21-15-8-6-14(19-2)7-9-15/h6-9,13H,4-5,10-12H2,1-3H3. The van der Waals surface area contributed by atoms with Gasteiger partial charge >= 0.3 is 5.97 Å². The maximum absolute atomic E-state index is 11.6. The van der Waals surface area contributed by atoms with E-state index in [1.807, 2.05) is 24.3 Å². The van der Waals surface area contributed by atoms with Crippen LogP contribution in [-0.4, -0.2) is 45.8 Å². The molecule has 0 spiro atoms. The molecular weight excluding hydrogens is 300 g/mol. The first kappa shape index (κ1) is 17.6. The van der Waals surface area contributed by atoms with Crippen molar-refractivity contribution in [3.8, 4) is 11.5 Å². The molecule has 0 saturated carbocycles. The third-order valence-corrected chi connectivity index (χ3v) is 3.83. The molecule has 1 aromatic carbocycles. The van der Waals surface area contributed by atoms with Crippen LogP contribution in [0.25, 0.3) is 0 Å². The van der Waals surface area contributed by atoms with Gasteiger partial charge in [0, 0.05) is 12.8 Å². The third-order valence-electron chi connectivity index (χ3n) is 3.83. The number of methoxy groups -OCH3 is 2. The molecule has 1 aliphatic heterocycles. The summed E-state index contributed by atoms with van der Waals surface area (Å²) in [6.07, 6.45) is 1.80.